The molecule has 2 heterocycles. The molecule has 25 heavy (non-hydrogen) atoms. The Labute approximate surface area is 148 Å². The molecule has 0 saturated heterocycles. The van der Waals surface area contributed by atoms with Crippen molar-refractivity contribution in [2.75, 3.05) is 10.6 Å². The van der Waals surface area contributed by atoms with E-state index in [1.165, 1.54) is 0 Å². The number of hydrogen-bond acceptors (Lipinski definition) is 3. The van der Waals surface area contributed by atoms with Crippen LogP contribution in [0.5, 0.6) is 5.75 Å². The third-order valence-electron chi connectivity index (χ3n) is 4.04. The summed E-state index contributed by atoms with van der Waals surface area (Å²) < 4.78 is 5.50. The van der Waals surface area contributed by atoms with Crippen molar-refractivity contribution >= 4 is 45.7 Å². The van der Waals surface area contributed by atoms with Crippen molar-refractivity contribution in [3.05, 3.63) is 53.2 Å². The number of amides is 2. The van der Waals surface area contributed by atoms with Crippen LogP contribution in [-0.2, 0) is 4.79 Å². The Morgan fingerprint density at radius 3 is 2.84 bits per heavy atom. The molecule has 1 aliphatic heterocycles. The van der Waals surface area contributed by atoms with Gasteiger partial charge in [-0.05, 0) is 31.2 Å². The van der Waals surface area contributed by atoms with E-state index in [1.807, 2.05) is 24.3 Å². The van der Waals surface area contributed by atoms with Crippen molar-refractivity contribution in [1.29, 1.82) is 0 Å². The van der Waals surface area contributed by atoms with Crippen LogP contribution in [0.4, 0.5) is 11.4 Å². The summed E-state index contributed by atoms with van der Waals surface area (Å²) in [7, 11) is 0. The minimum Gasteiger partial charge on any atom is -0.479 e. The number of nitrogens with one attached hydrogen (secondary N) is 3. The fourth-order valence-electron chi connectivity index (χ4n) is 2.74. The van der Waals surface area contributed by atoms with Crippen LogP contribution in [-0.4, -0.2) is 22.9 Å². The zero-order valence-corrected chi connectivity index (χ0v) is 14.0. The zero-order chi connectivity index (χ0) is 17.6. The second-order valence-electron chi connectivity index (χ2n) is 5.77. The highest BCUT2D eigenvalue weighted by molar-refractivity contribution is 6.39. The number of ether oxygens (including phenoxy) is 1. The van der Waals surface area contributed by atoms with Crippen molar-refractivity contribution in [1.82, 2.24) is 4.98 Å². The van der Waals surface area contributed by atoms with Crippen LogP contribution >= 0.6 is 11.6 Å². The fourth-order valence-corrected chi connectivity index (χ4v) is 3.04. The molecule has 1 aliphatic rings. The van der Waals surface area contributed by atoms with Gasteiger partial charge in [-0.3, -0.25) is 9.59 Å². The molecular weight excluding hydrogens is 342 g/mol. The Morgan fingerprint density at radius 1 is 1.24 bits per heavy atom. The SMILES string of the molecule is CC1Oc2ccc(NC(=O)c3[nH]c4ccccc4c3Cl)cc2NC1=O. The van der Waals surface area contributed by atoms with E-state index in [2.05, 4.69) is 15.6 Å². The molecular formula is C18H14ClN3O3. The van der Waals surface area contributed by atoms with E-state index in [-0.39, 0.29) is 17.5 Å². The maximum atomic E-state index is 12.5. The van der Waals surface area contributed by atoms with E-state index in [0.717, 1.165) is 10.9 Å². The number of H-pyrrole nitrogens is 1. The molecule has 4 rings (SSSR count). The molecule has 0 aliphatic carbocycles. The van der Waals surface area contributed by atoms with Crippen LogP contribution in [0, 0.1) is 0 Å². The minimum atomic E-state index is -0.543. The number of carbonyl (C=O) groups is 2. The van der Waals surface area contributed by atoms with Crippen LogP contribution < -0.4 is 15.4 Å². The van der Waals surface area contributed by atoms with Gasteiger partial charge in [0.15, 0.2) is 6.10 Å². The predicted molar refractivity (Wildman–Crippen MR) is 96.4 cm³/mol. The van der Waals surface area contributed by atoms with Gasteiger partial charge in [0.25, 0.3) is 11.8 Å². The lowest BCUT2D eigenvalue weighted by atomic mass is 10.2. The molecule has 0 fully saturated rings. The summed E-state index contributed by atoms with van der Waals surface area (Å²) in [6.07, 6.45) is -0.543. The van der Waals surface area contributed by atoms with Gasteiger partial charge in [-0.15, -0.1) is 0 Å². The maximum Gasteiger partial charge on any atom is 0.273 e. The summed E-state index contributed by atoms with van der Waals surface area (Å²) in [5.41, 5.74) is 2.12. The number of aromatic nitrogens is 1. The molecule has 0 radical (unpaired) electrons. The number of fused-ring (bicyclic) bond motifs is 2. The Balaban J connectivity index is 1.61. The van der Waals surface area contributed by atoms with Gasteiger partial charge in [0.05, 0.1) is 10.7 Å². The first-order valence-electron chi connectivity index (χ1n) is 7.72. The highest BCUT2D eigenvalue weighted by atomic mass is 35.5. The number of benzene rings is 2. The predicted octanol–water partition coefficient (Wildman–Crippen LogP) is 3.79. The molecule has 7 heteroatoms. The summed E-state index contributed by atoms with van der Waals surface area (Å²) >= 11 is 6.30. The molecule has 1 atom stereocenters. The van der Waals surface area contributed by atoms with Gasteiger partial charge in [-0.2, -0.15) is 0 Å². The number of hydrogen-bond donors (Lipinski definition) is 3. The molecule has 2 amide bonds. The third-order valence-corrected chi connectivity index (χ3v) is 4.43. The van der Waals surface area contributed by atoms with Crippen molar-refractivity contribution in [3.8, 4) is 5.75 Å². The van der Waals surface area contributed by atoms with E-state index >= 15 is 0 Å². The Morgan fingerprint density at radius 2 is 2.04 bits per heavy atom. The van der Waals surface area contributed by atoms with Crippen LogP contribution in [0.15, 0.2) is 42.5 Å². The van der Waals surface area contributed by atoms with Crippen molar-refractivity contribution in [3.63, 3.8) is 0 Å². The standard InChI is InChI=1S/C18H14ClN3O3/c1-9-17(23)22-13-8-10(6-7-14(13)25-9)20-18(24)16-15(19)11-4-2-3-5-12(11)21-16/h2-9,21H,1H3,(H,20,24)(H,22,23). The summed E-state index contributed by atoms with van der Waals surface area (Å²) in [5, 5.41) is 6.68. The van der Waals surface area contributed by atoms with Gasteiger partial charge in [-0.1, -0.05) is 29.8 Å². The Bertz CT molecular complexity index is 1010. The quantitative estimate of drug-likeness (QED) is 0.654. The highest BCUT2D eigenvalue weighted by Gasteiger charge is 2.24. The molecule has 1 aromatic heterocycles. The minimum absolute atomic E-state index is 0.227. The monoisotopic (exact) mass is 355 g/mol. The summed E-state index contributed by atoms with van der Waals surface area (Å²) in [5.74, 6) is -0.0269. The van der Waals surface area contributed by atoms with E-state index in [1.54, 1.807) is 25.1 Å². The normalized spacial score (nSPS) is 16.1. The van der Waals surface area contributed by atoms with Crippen molar-refractivity contribution in [2.24, 2.45) is 0 Å². The lowest BCUT2D eigenvalue weighted by molar-refractivity contribution is -0.122. The Hall–Kier alpha value is -2.99. The largest absolute Gasteiger partial charge is 0.479 e. The lowest BCUT2D eigenvalue weighted by Crippen LogP contribution is -2.34. The molecule has 2 aromatic carbocycles. The van der Waals surface area contributed by atoms with E-state index in [4.69, 9.17) is 16.3 Å². The average Bonchev–Trinajstić information content (AvgIpc) is 2.94. The van der Waals surface area contributed by atoms with Gasteiger partial charge in [-0.25, -0.2) is 0 Å². The summed E-state index contributed by atoms with van der Waals surface area (Å²) in [4.78, 5) is 27.3. The summed E-state index contributed by atoms with van der Waals surface area (Å²) in [6, 6.07) is 12.5. The number of para-hydroxylation sites is 1. The number of anilines is 2. The Kier molecular flexibility index (Phi) is 3.62. The first kappa shape index (κ1) is 15.5. The van der Waals surface area contributed by atoms with Crippen LogP contribution in [0.3, 0.4) is 0 Å². The third kappa shape index (κ3) is 2.70. The van der Waals surface area contributed by atoms with Gasteiger partial charge in [0.1, 0.15) is 11.4 Å². The van der Waals surface area contributed by atoms with Gasteiger partial charge < -0.3 is 20.4 Å². The smallest absolute Gasteiger partial charge is 0.273 e. The van der Waals surface area contributed by atoms with E-state index < -0.39 is 6.10 Å². The fraction of sp³-hybridized carbons (Fsp3) is 0.111. The first-order chi connectivity index (χ1) is 12.0. The second kappa shape index (κ2) is 5.82. The first-order valence-corrected chi connectivity index (χ1v) is 8.10. The molecule has 6 nitrogen and oxygen atoms in total. The second-order valence-corrected chi connectivity index (χ2v) is 6.15. The van der Waals surface area contributed by atoms with Gasteiger partial charge >= 0.3 is 0 Å². The average molecular weight is 356 g/mol. The van der Waals surface area contributed by atoms with E-state index in [0.29, 0.717) is 22.1 Å². The van der Waals surface area contributed by atoms with Crippen molar-refractivity contribution in [2.45, 2.75) is 13.0 Å². The van der Waals surface area contributed by atoms with Crippen molar-refractivity contribution < 1.29 is 14.3 Å². The number of halogens is 1. The van der Waals surface area contributed by atoms with Crippen LogP contribution in [0.2, 0.25) is 5.02 Å². The molecule has 3 N–H and O–H groups in total. The molecule has 3 aromatic rings. The topological polar surface area (TPSA) is 83.2 Å². The molecule has 0 bridgehead atoms. The van der Waals surface area contributed by atoms with Crippen LogP contribution in [0.1, 0.15) is 17.4 Å². The van der Waals surface area contributed by atoms with Gasteiger partial charge in [0.2, 0.25) is 0 Å². The number of rotatable bonds is 2. The number of carbonyl (C=O) groups excluding carboxylic acids is 2. The molecule has 126 valence electrons. The molecule has 0 saturated carbocycles. The highest BCUT2D eigenvalue weighted by Crippen LogP contribution is 2.33. The lowest BCUT2D eigenvalue weighted by Gasteiger charge is -2.23. The molecule has 0 spiro atoms. The van der Waals surface area contributed by atoms with Gasteiger partial charge in [0, 0.05) is 16.6 Å². The maximum absolute atomic E-state index is 12.5. The molecule has 1 unspecified atom stereocenters. The number of aromatic amines is 1. The van der Waals surface area contributed by atoms with E-state index in [9.17, 15) is 9.59 Å². The zero-order valence-electron chi connectivity index (χ0n) is 13.2. The summed E-state index contributed by atoms with van der Waals surface area (Å²) in [6.45, 7) is 1.67. The van der Waals surface area contributed by atoms with Crippen LogP contribution in [0.25, 0.3) is 10.9 Å².